The lowest BCUT2D eigenvalue weighted by Gasteiger charge is -2.23. The third-order valence-corrected chi connectivity index (χ3v) is 4.93. The van der Waals surface area contributed by atoms with Crippen LogP contribution in [0.15, 0.2) is 18.2 Å². The van der Waals surface area contributed by atoms with Crippen LogP contribution in [-0.2, 0) is 16.0 Å². The molecular formula is C19H25F2N3O5. The Kier molecular flexibility index (Phi) is 7.35. The van der Waals surface area contributed by atoms with Gasteiger partial charge in [-0.25, -0.2) is 4.79 Å². The maximum atomic E-state index is 12.5. The second kappa shape index (κ2) is 9.53. The van der Waals surface area contributed by atoms with Crippen LogP contribution in [0.4, 0.5) is 13.6 Å². The summed E-state index contributed by atoms with van der Waals surface area (Å²) < 4.78 is 34.1. The molecule has 10 heteroatoms. The third-order valence-electron chi connectivity index (χ3n) is 4.93. The molecule has 1 aromatic carbocycles. The van der Waals surface area contributed by atoms with E-state index in [4.69, 9.17) is 4.74 Å². The second-order valence-electron chi connectivity index (χ2n) is 6.57. The number of methoxy groups -OCH3 is 1. The maximum absolute atomic E-state index is 12.5. The van der Waals surface area contributed by atoms with E-state index in [1.807, 2.05) is 0 Å². The number of carbonyl (C=O) groups is 3. The van der Waals surface area contributed by atoms with Crippen molar-refractivity contribution in [1.29, 1.82) is 0 Å². The number of urea groups is 1. The number of alkyl halides is 2. The van der Waals surface area contributed by atoms with Crippen LogP contribution in [0.1, 0.15) is 32.3 Å². The van der Waals surface area contributed by atoms with Gasteiger partial charge in [0, 0.05) is 6.54 Å². The maximum Gasteiger partial charge on any atom is 0.387 e. The number of rotatable bonds is 10. The molecular weight excluding hydrogens is 388 g/mol. The molecule has 2 N–H and O–H groups in total. The van der Waals surface area contributed by atoms with Gasteiger partial charge >= 0.3 is 12.6 Å². The molecule has 1 fully saturated rings. The molecule has 0 atom stereocenters. The number of amides is 4. The number of hydrogen-bond donors (Lipinski definition) is 2. The largest absolute Gasteiger partial charge is 0.493 e. The number of imide groups is 1. The molecule has 0 spiro atoms. The fourth-order valence-corrected chi connectivity index (χ4v) is 3.16. The highest BCUT2D eigenvalue weighted by Crippen LogP contribution is 2.29. The Morgan fingerprint density at radius 3 is 2.48 bits per heavy atom. The van der Waals surface area contributed by atoms with Crippen LogP contribution in [0.2, 0.25) is 0 Å². The lowest BCUT2D eigenvalue weighted by molar-refractivity contribution is -0.135. The van der Waals surface area contributed by atoms with Crippen molar-refractivity contribution in [3.05, 3.63) is 23.8 Å². The summed E-state index contributed by atoms with van der Waals surface area (Å²) in [6, 6.07) is 3.91. The van der Waals surface area contributed by atoms with Gasteiger partial charge in [0.05, 0.1) is 7.11 Å². The van der Waals surface area contributed by atoms with Gasteiger partial charge < -0.3 is 20.1 Å². The van der Waals surface area contributed by atoms with E-state index in [0.29, 0.717) is 19.3 Å². The van der Waals surface area contributed by atoms with E-state index in [1.54, 1.807) is 19.9 Å². The summed E-state index contributed by atoms with van der Waals surface area (Å²) in [6.07, 6.45) is 1.28. The zero-order valence-corrected chi connectivity index (χ0v) is 16.6. The van der Waals surface area contributed by atoms with E-state index in [0.717, 1.165) is 10.5 Å². The van der Waals surface area contributed by atoms with Gasteiger partial charge in [0.2, 0.25) is 5.91 Å². The molecule has 0 bridgehead atoms. The first-order chi connectivity index (χ1) is 13.8. The minimum Gasteiger partial charge on any atom is -0.493 e. The van der Waals surface area contributed by atoms with Gasteiger partial charge in [0.25, 0.3) is 5.91 Å². The SMILES string of the molecule is CCC1(CC)NC(=O)N(CC(=O)NCCc2ccc(OC(F)F)c(OC)c2)C1=O. The van der Waals surface area contributed by atoms with E-state index in [9.17, 15) is 23.2 Å². The first-order valence-corrected chi connectivity index (χ1v) is 9.28. The zero-order valence-electron chi connectivity index (χ0n) is 16.6. The first-order valence-electron chi connectivity index (χ1n) is 9.28. The molecule has 29 heavy (non-hydrogen) atoms. The number of carbonyl (C=O) groups excluding carboxylic acids is 3. The van der Waals surface area contributed by atoms with Crippen molar-refractivity contribution in [2.75, 3.05) is 20.2 Å². The highest BCUT2D eigenvalue weighted by atomic mass is 19.3. The number of halogens is 2. The Hall–Kier alpha value is -2.91. The number of nitrogens with one attached hydrogen (secondary N) is 2. The van der Waals surface area contributed by atoms with Crippen molar-refractivity contribution in [3.8, 4) is 11.5 Å². The lowest BCUT2D eigenvalue weighted by atomic mass is 9.93. The van der Waals surface area contributed by atoms with Crippen LogP contribution < -0.4 is 20.1 Å². The molecule has 0 radical (unpaired) electrons. The molecule has 0 saturated carbocycles. The van der Waals surface area contributed by atoms with Gasteiger partial charge in [-0.1, -0.05) is 19.9 Å². The number of hydrogen-bond acceptors (Lipinski definition) is 5. The van der Waals surface area contributed by atoms with Crippen molar-refractivity contribution < 1.29 is 32.6 Å². The van der Waals surface area contributed by atoms with Gasteiger partial charge in [-0.05, 0) is 37.0 Å². The Bertz CT molecular complexity index is 768. The molecule has 0 aromatic heterocycles. The molecule has 2 rings (SSSR count). The highest BCUT2D eigenvalue weighted by Gasteiger charge is 2.49. The summed E-state index contributed by atoms with van der Waals surface area (Å²) in [5, 5.41) is 5.31. The Balaban J connectivity index is 1.89. The number of benzene rings is 1. The average Bonchev–Trinajstić information content (AvgIpc) is 2.93. The van der Waals surface area contributed by atoms with Gasteiger partial charge in [-0.2, -0.15) is 8.78 Å². The van der Waals surface area contributed by atoms with Gasteiger partial charge in [0.1, 0.15) is 12.1 Å². The predicted octanol–water partition coefficient (Wildman–Crippen LogP) is 2.07. The summed E-state index contributed by atoms with van der Waals surface area (Å²) in [5.41, 5.74) is -0.217. The average molecular weight is 413 g/mol. The molecule has 1 aliphatic rings. The van der Waals surface area contributed by atoms with Gasteiger partial charge in [-0.15, -0.1) is 0 Å². The molecule has 1 saturated heterocycles. The Labute approximate surface area is 167 Å². The Morgan fingerprint density at radius 1 is 1.24 bits per heavy atom. The van der Waals surface area contributed by atoms with E-state index >= 15 is 0 Å². The predicted molar refractivity (Wildman–Crippen MR) is 99.9 cm³/mol. The quantitative estimate of drug-likeness (QED) is 0.573. The summed E-state index contributed by atoms with van der Waals surface area (Å²) >= 11 is 0. The highest BCUT2D eigenvalue weighted by molar-refractivity contribution is 6.08. The van der Waals surface area contributed by atoms with Crippen molar-refractivity contribution in [2.45, 2.75) is 45.3 Å². The van der Waals surface area contributed by atoms with Crippen LogP contribution in [0.25, 0.3) is 0 Å². The van der Waals surface area contributed by atoms with E-state index in [1.165, 1.54) is 19.2 Å². The molecule has 1 heterocycles. The van der Waals surface area contributed by atoms with Crippen LogP contribution >= 0.6 is 0 Å². The van der Waals surface area contributed by atoms with Crippen molar-refractivity contribution in [3.63, 3.8) is 0 Å². The van der Waals surface area contributed by atoms with E-state index in [2.05, 4.69) is 15.4 Å². The topological polar surface area (TPSA) is 97.0 Å². The second-order valence-corrected chi connectivity index (χ2v) is 6.57. The normalized spacial score (nSPS) is 15.4. The summed E-state index contributed by atoms with van der Waals surface area (Å²) in [7, 11) is 1.34. The van der Waals surface area contributed by atoms with E-state index < -0.39 is 30.0 Å². The fourth-order valence-electron chi connectivity index (χ4n) is 3.16. The van der Waals surface area contributed by atoms with E-state index in [-0.39, 0.29) is 24.6 Å². The molecule has 1 aliphatic heterocycles. The standard InChI is InChI=1S/C19H25F2N3O5/c1-4-19(5-2)16(26)24(18(27)23-19)11-15(25)22-9-8-12-6-7-13(29-17(20)21)14(10-12)28-3/h6-7,10,17H,4-5,8-9,11H2,1-3H3,(H,22,25)(H,23,27). The lowest BCUT2D eigenvalue weighted by Crippen LogP contribution is -2.46. The minimum atomic E-state index is -2.96. The smallest absolute Gasteiger partial charge is 0.387 e. The molecule has 8 nitrogen and oxygen atoms in total. The van der Waals surface area contributed by atoms with Gasteiger partial charge in [-0.3, -0.25) is 14.5 Å². The minimum absolute atomic E-state index is 0.0795. The van der Waals surface area contributed by atoms with Gasteiger partial charge in [0.15, 0.2) is 11.5 Å². The summed E-state index contributed by atoms with van der Waals surface area (Å²) in [4.78, 5) is 37.6. The molecule has 1 aromatic rings. The third kappa shape index (κ3) is 5.12. The molecule has 0 aliphatic carbocycles. The van der Waals surface area contributed by atoms with Crippen LogP contribution in [-0.4, -0.2) is 55.1 Å². The van der Waals surface area contributed by atoms with Crippen LogP contribution in [0.3, 0.4) is 0 Å². The fraction of sp³-hybridized carbons (Fsp3) is 0.526. The van der Waals surface area contributed by atoms with Crippen molar-refractivity contribution >= 4 is 17.8 Å². The first kappa shape index (κ1) is 22.4. The van der Waals surface area contributed by atoms with Crippen LogP contribution in [0.5, 0.6) is 11.5 Å². The van der Waals surface area contributed by atoms with Crippen molar-refractivity contribution in [1.82, 2.24) is 15.5 Å². The molecule has 0 unspecified atom stereocenters. The summed E-state index contributed by atoms with van der Waals surface area (Å²) in [5.74, 6) is -0.795. The summed E-state index contributed by atoms with van der Waals surface area (Å²) in [6.45, 7) is 0.511. The molecule has 160 valence electrons. The monoisotopic (exact) mass is 413 g/mol. The molecule has 4 amide bonds. The number of nitrogens with zero attached hydrogens (tertiary/aromatic N) is 1. The van der Waals surface area contributed by atoms with Crippen LogP contribution in [0, 0.1) is 0 Å². The Morgan fingerprint density at radius 2 is 1.93 bits per heavy atom. The van der Waals surface area contributed by atoms with Crippen molar-refractivity contribution in [2.24, 2.45) is 0 Å². The number of ether oxygens (including phenoxy) is 2. The zero-order chi connectivity index (χ0) is 21.6.